The molecule has 5 heteroatoms. The molecule has 16 heavy (non-hydrogen) atoms. The van der Waals surface area contributed by atoms with E-state index in [4.69, 9.17) is 0 Å². The van der Waals surface area contributed by atoms with E-state index in [-0.39, 0.29) is 5.54 Å². The van der Waals surface area contributed by atoms with Crippen LogP contribution in [0.5, 0.6) is 0 Å². The van der Waals surface area contributed by atoms with Crippen molar-refractivity contribution >= 4 is 0 Å². The van der Waals surface area contributed by atoms with E-state index in [1.807, 2.05) is 13.8 Å². The maximum absolute atomic E-state index is 10.4. The molecule has 1 aromatic heterocycles. The Morgan fingerprint density at radius 2 is 2.00 bits per heavy atom. The van der Waals surface area contributed by atoms with Gasteiger partial charge in [-0.05, 0) is 26.9 Å². The fourth-order valence-electron chi connectivity index (χ4n) is 2.12. The molecule has 5 nitrogen and oxygen atoms in total. The van der Waals surface area contributed by atoms with Crippen LogP contribution in [0.15, 0.2) is 6.20 Å². The molecule has 1 atom stereocenters. The fraction of sp³-hybridized carbons (Fsp3) is 0.818. The third-order valence-corrected chi connectivity index (χ3v) is 3.28. The minimum Gasteiger partial charge on any atom is -0.385 e. The van der Waals surface area contributed by atoms with E-state index < -0.39 is 6.10 Å². The maximum atomic E-state index is 10.4. The summed E-state index contributed by atoms with van der Waals surface area (Å²) < 4.78 is 1.62. The molecule has 0 spiro atoms. The number of aliphatic hydroxyl groups excluding tert-OH is 1. The number of nitrogens with zero attached hydrogens (tertiary/aromatic N) is 4. The van der Waals surface area contributed by atoms with Crippen LogP contribution in [0.25, 0.3) is 0 Å². The van der Waals surface area contributed by atoms with Crippen molar-refractivity contribution in [2.75, 3.05) is 13.1 Å². The maximum Gasteiger partial charge on any atom is 0.115 e. The summed E-state index contributed by atoms with van der Waals surface area (Å²) in [5.41, 5.74) is 0.427. The Kier molecular flexibility index (Phi) is 4.04. The summed E-state index contributed by atoms with van der Waals surface area (Å²) in [6, 6.07) is 0. The van der Waals surface area contributed by atoms with Gasteiger partial charge in [-0.1, -0.05) is 19.1 Å². The van der Waals surface area contributed by atoms with Crippen LogP contribution in [0.3, 0.4) is 0 Å². The van der Waals surface area contributed by atoms with Crippen molar-refractivity contribution in [1.29, 1.82) is 0 Å². The molecule has 92 valence electrons. The zero-order chi connectivity index (χ0) is 12.3. The highest BCUT2D eigenvalue weighted by Gasteiger charge is 2.35. The van der Waals surface area contributed by atoms with Gasteiger partial charge in [-0.15, -0.1) is 5.10 Å². The number of aryl methyl sites for hydroxylation is 1. The fourth-order valence-corrected chi connectivity index (χ4v) is 2.12. The van der Waals surface area contributed by atoms with Crippen LogP contribution in [0.4, 0.5) is 0 Å². The molecular weight excluding hydrogens is 204 g/mol. The summed E-state index contributed by atoms with van der Waals surface area (Å²) in [4.78, 5) is 2.23. The summed E-state index contributed by atoms with van der Waals surface area (Å²) in [6.45, 7) is 10.1. The van der Waals surface area contributed by atoms with E-state index in [1.165, 1.54) is 0 Å². The predicted octanol–water partition coefficient (Wildman–Crippen LogP) is 0.969. The van der Waals surface area contributed by atoms with Crippen molar-refractivity contribution in [3.05, 3.63) is 11.9 Å². The number of likely N-dealkylation sites (N-methyl/N-ethyl adjacent to an activating group) is 1. The summed E-state index contributed by atoms with van der Waals surface area (Å²) in [5, 5.41) is 18.1. The van der Waals surface area contributed by atoms with Gasteiger partial charge in [-0.3, -0.25) is 4.90 Å². The standard InChI is InChI=1S/C11H22N4O/c1-6-15(7-2)11(3,4)10(16)9-8-12-13-14(9)5/h8,10,16H,6-7H2,1-5H3. The third-order valence-electron chi connectivity index (χ3n) is 3.28. The summed E-state index contributed by atoms with van der Waals surface area (Å²) >= 11 is 0. The van der Waals surface area contributed by atoms with Crippen LogP contribution in [0, 0.1) is 0 Å². The summed E-state index contributed by atoms with van der Waals surface area (Å²) in [7, 11) is 1.80. The molecule has 0 radical (unpaired) electrons. The Morgan fingerprint density at radius 1 is 1.44 bits per heavy atom. The Morgan fingerprint density at radius 3 is 2.38 bits per heavy atom. The molecule has 1 aromatic rings. The monoisotopic (exact) mass is 226 g/mol. The summed E-state index contributed by atoms with van der Waals surface area (Å²) in [6.07, 6.45) is 1.03. The first-order valence-electron chi connectivity index (χ1n) is 5.72. The highest BCUT2D eigenvalue weighted by atomic mass is 16.3. The Bertz CT molecular complexity index is 330. The third kappa shape index (κ3) is 2.25. The second kappa shape index (κ2) is 4.93. The van der Waals surface area contributed by atoms with E-state index in [2.05, 4.69) is 29.1 Å². The van der Waals surface area contributed by atoms with Crippen LogP contribution in [0.1, 0.15) is 39.5 Å². The molecular formula is C11H22N4O. The van der Waals surface area contributed by atoms with Crippen molar-refractivity contribution < 1.29 is 5.11 Å². The zero-order valence-electron chi connectivity index (χ0n) is 10.8. The van der Waals surface area contributed by atoms with Crippen LogP contribution in [-0.4, -0.2) is 43.6 Å². The van der Waals surface area contributed by atoms with Crippen LogP contribution in [0.2, 0.25) is 0 Å². The lowest BCUT2D eigenvalue weighted by Gasteiger charge is -2.40. The first-order chi connectivity index (χ1) is 7.45. The number of rotatable bonds is 5. The van der Waals surface area contributed by atoms with Gasteiger partial charge in [-0.2, -0.15) is 0 Å². The first kappa shape index (κ1) is 13.1. The van der Waals surface area contributed by atoms with Crippen LogP contribution >= 0.6 is 0 Å². The molecule has 1 rings (SSSR count). The highest BCUT2D eigenvalue weighted by Crippen LogP contribution is 2.29. The average Bonchev–Trinajstić information content (AvgIpc) is 2.64. The smallest absolute Gasteiger partial charge is 0.115 e. The SMILES string of the molecule is CCN(CC)C(C)(C)C(O)c1cnnn1C. The van der Waals surface area contributed by atoms with Gasteiger partial charge in [0.15, 0.2) is 0 Å². The van der Waals surface area contributed by atoms with Gasteiger partial charge in [0.25, 0.3) is 0 Å². The van der Waals surface area contributed by atoms with E-state index in [0.29, 0.717) is 0 Å². The highest BCUT2D eigenvalue weighted by molar-refractivity contribution is 5.06. The van der Waals surface area contributed by atoms with Crippen molar-refractivity contribution in [2.45, 2.75) is 39.3 Å². The van der Waals surface area contributed by atoms with Gasteiger partial charge in [0.05, 0.1) is 11.9 Å². The van der Waals surface area contributed by atoms with Crippen molar-refractivity contribution in [3.63, 3.8) is 0 Å². The van der Waals surface area contributed by atoms with E-state index in [0.717, 1.165) is 18.8 Å². The van der Waals surface area contributed by atoms with Gasteiger partial charge < -0.3 is 5.11 Å². The molecule has 1 N–H and O–H groups in total. The average molecular weight is 226 g/mol. The van der Waals surface area contributed by atoms with Crippen LogP contribution < -0.4 is 0 Å². The lowest BCUT2D eigenvalue weighted by molar-refractivity contribution is -0.0106. The topological polar surface area (TPSA) is 54.2 Å². The number of aliphatic hydroxyl groups is 1. The minimum absolute atomic E-state index is 0.320. The Labute approximate surface area is 97.1 Å². The molecule has 0 aliphatic heterocycles. The second-order valence-corrected chi connectivity index (χ2v) is 4.51. The van der Waals surface area contributed by atoms with Gasteiger partial charge in [0.2, 0.25) is 0 Å². The number of hydrogen-bond acceptors (Lipinski definition) is 4. The first-order valence-corrected chi connectivity index (χ1v) is 5.72. The lowest BCUT2D eigenvalue weighted by atomic mass is 9.92. The second-order valence-electron chi connectivity index (χ2n) is 4.51. The molecule has 0 aliphatic rings. The van der Waals surface area contributed by atoms with E-state index in [9.17, 15) is 5.11 Å². The van der Waals surface area contributed by atoms with E-state index in [1.54, 1.807) is 17.9 Å². The molecule has 0 saturated carbocycles. The molecule has 0 fully saturated rings. The van der Waals surface area contributed by atoms with Crippen molar-refractivity contribution in [3.8, 4) is 0 Å². The number of hydrogen-bond donors (Lipinski definition) is 1. The molecule has 0 saturated heterocycles. The predicted molar refractivity (Wildman–Crippen MR) is 63.0 cm³/mol. The van der Waals surface area contributed by atoms with Gasteiger partial charge >= 0.3 is 0 Å². The number of aromatic nitrogens is 3. The molecule has 1 unspecified atom stereocenters. The Hall–Kier alpha value is -0.940. The molecule has 1 heterocycles. The van der Waals surface area contributed by atoms with Gasteiger partial charge in [0.1, 0.15) is 6.10 Å². The van der Waals surface area contributed by atoms with Crippen LogP contribution in [-0.2, 0) is 7.05 Å². The lowest BCUT2D eigenvalue weighted by Crippen LogP contribution is -2.48. The van der Waals surface area contributed by atoms with E-state index >= 15 is 0 Å². The van der Waals surface area contributed by atoms with Gasteiger partial charge in [0, 0.05) is 12.6 Å². The van der Waals surface area contributed by atoms with Crippen molar-refractivity contribution in [2.24, 2.45) is 7.05 Å². The largest absolute Gasteiger partial charge is 0.385 e. The quantitative estimate of drug-likeness (QED) is 0.813. The zero-order valence-corrected chi connectivity index (χ0v) is 10.8. The normalized spacial score (nSPS) is 14.4. The molecule has 0 aliphatic carbocycles. The summed E-state index contributed by atoms with van der Waals surface area (Å²) in [5.74, 6) is 0. The minimum atomic E-state index is -0.590. The molecule has 0 bridgehead atoms. The van der Waals surface area contributed by atoms with Crippen molar-refractivity contribution in [1.82, 2.24) is 19.9 Å². The van der Waals surface area contributed by atoms with Gasteiger partial charge in [-0.25, -0.2) is 4.68 Å². The molecule has 0 amide bonds. The Balaban J connectivity index is 2.95. The molecule has 0 aromatic carbocycles.